The summed E-state index contributed by atoms with van der Waals surface area (Å²) < 4.78 is 5.84. The zero-order valence-electron chi connectivity index (χ0n) is 16.2. The van der Waals surface area contributed by atoms with E-state index in [1.165, 1.54) is 11.8 Å². The second-order valence-electron chi connectivity index (χ2n) is 6.88. The van der Waals surface area contributed by atoms with Gasteiger partial charge in [-0.3, -0.25) is 4.79 Å². The van der Waals surface area contributed by atoms with Crippen molar-refractivity contribution in [1.29, 1.82) is 0 Å². The molecule has 0 spiro atoms. The molecule has 3 aromatic carbocycles. The van der Waals surface area contributed by atoms with Crippen molar-refractivity contribution in [1.82, 2.24) is 10.2 Å². The maximum Gasteiger partial charge on any atom is 0.277 e. The Hall–Kier alpha value is -3.18. The fourth-order valence-corrected chi connectivity index (χ4v) is 3.89. The number of carbonyl (C=O) groups is 1. The average Bonchev–Trinajstić information content (AvgIpc) is 3.22. The highest BCUT2D eigenvalue weighted by Gasteiger charge is 2.26. The van der Waals surface area contributed by atoms with Crippen molar-refractivity contribution < 1.29 is 9.21 Å². The van der Waals surface area contributed by atoms with Crippen molar-refractivity contribution in [2.45, 2.75) is 24.3 Å². The van der Waals surface area contributed by atoms with Gasteiger partial charge < -0.3 is 4.42 Å². The summed E-state index contributed by atoms with van der Waals surface area (Å²) >= 11 is 1.28. The number of aromatic nitrogens is 2. The molecule has 144 valence electrons. The van der Waals surface area contributed by atoms with Crippen LogP contribution in [0.25, 0.3) is 11.5 Å². The van der Waals surface area contributed by atoms with Gasteiger partial charge in [-0.1, -0.05) is 77.9 Å². The van der Waals surface area contributed by atoms with E-state index in [0.29, 0.717) is 16.7 Å². The topological polar surface area (TPSA) is 56.0 Å². The van der Waals surface area contributed by atoms with Gasteiger partial charge in [-0.05, 0) is 43.3 Å². The van der Waals surface area contributed by atoms with Crippen LogP contribution in [-0.2, 0) is 0 Å². The maximum atomic E-state index is 13.3. The van der Waals surface area contributed by atoms with Crippen LogP contribution in [-0.4, -0.2) is 16.0 Å². The van der Waals surface area contributed by atoms with Gasteiger partial charge in [-0.25, -0.2) is 0 Å². The summed E-state index contributed by atoms with van der Waals surface area (Å²) in [4.78, 5) is 13.3. The number of thioether (sulfide) groups is 1. The van der Waals surface area contributed by atoms with E-state index >= 15 is 0 Å². The van der Waals surface area contributed by atoms with Crippen LogP contribution in [0, 0.1) is 13.8 Å². The third-order valence-electron chi connectivity index (χ3n) is 4.60. The van der Waals surface area contributed by atoms with Crippen LogP contribution in [0.3, 0.4) is 0 Å². The fourth-order valence-electron chi connectivity index (χ4n) is 2.94. The van der Waals surface area contributed by atoms with E-state index in [-0.39, 0.29) is 5.78 Å². The Balaban J connectivity index is 1.65. The van der Waals surface area contributed by atoms with E-state index in [0.717, 1.165) is 22.3 Å². The molecule has 1 aromatic heterocycles. The number of ketones is 1. The molecule has 4 rings (SSSR count). The molecule has 0 bridgehead atoms. The van der Waals surface area contributed by atoms with Crippen LogP contribution in [0.15, 0.2) is 88.5 Å². The molecular weight excluding hydrogens is 380 g/mol. The van der Waals surface area contributed by atoms with Gasteiger partial charge in [-0.15, -0.1) is 10.2 Å². The maximum absolute atomic E-state index is 13.3. The van der Waals surface area contributed by atoms with Gasteiger partial charge in [0.1, 0.15) is 5.25 Å². The standard InChI is InChI=1S/C24H20N2O2S/c1-16-8-12-18(13-9-16)21(27)22(19-14-10-17(2)11-15-19)29-24-26-25-23(28-24)20-6-4-3-5-7-20/h3-15,22H,1-2H3/t22-/m0/s1. The van der Waals surface area contributed by atoms with Crippen molar-refractivity contribution in [3.05, 3.63) is 101 Å². The van der Waals surface area contributed by atoms with Gasteiger partial charge in [0.2, 0.25) is 5.89 Å². The minimum absolute atomic E-state index is 0.0123. The van der Waals surface area contributed by atoms with E-state index in [4.69, 9.17) is 4.42 Å². The van der Waals surface area contributed by atoms with Gasteiger partial charge in [0.05, 0.1) is 0 Å². The Labute approximate surface area is 174 Å². The molecule has 5 heteroatoms. The van der Waals surface area contributed by atoms with Crippen molar-refractivity contribution >= 4 is 17.5 Å². The number of rotatable bonds is 6. The highest BCUT2D eigenvalue weighted by atomic mass is 32.2. The largest absolute Gasteiger partial charge is 0.411 e. The smallest absolute Gasteiger partial charge is 0.277 e. The van der Waals surface area contributed by atoms with Gasteiger partial charge in [0, 0.05) is 11.1 Å². The number of hydrogen-bond donors (Lipinski definition) is 0. The summed E-state index contributed by atoms with van der Waals surface area (Å²) in [7, 11) is 0. The fraction of sp³-hybridized carbons (Fsp3) is 0.125. The van der Waals surface area contributed by atoms with Gasteiger partial charge in [-0.2, -0.15) is 0 Å². The van der Waals surface area contributed by atoms with E-state index < -0.39 is 5.25 Å². The molecule has 0 aliphatic carbocycles. The van der Waals surface area contributed by atoms with Crippen molar-refractivity contribution in [2.75, 3.05) is 0 Å². The lowest BCUT2D eigenvalue weighted by Crippen LogP contribution is -2.10. The summed E-state index contributed by atoms with van der Waals surface area (Å²) in [6, 6.07) is 25.2. The number of benzene rings is 3. The number of nitrogens with zero attached hydrogens (tertiary/aromatic N) is 2. The lowest BCUT2D eigenvalue weighted by molar-refractivity contribution is 0.0989. The second-order valence-corrected chi connectivity index (χ2v) is 7.93. The lowest BCUT2D eigenvalue weighted by Gasteiger charge is -2.14. The zero-order chi connectivity index (χ0) is 20.2. The van der Waals surface area contributed by atoms with Gasteiger partial charge in [0.25, 0.3) is 5.22 Å². The number of Topliss-reactive ketones (excluding diaryl/α,β-unsaturated/α-hetero) is 1. The molecule has 1 atom stereocenters. The first-order valence-electron chi connectivity index (χ1n) is 9.33. The molecule has 0 N–H and O–H groups in total. The summed E-state index contributed by atoms with van der Waals surface area (Å²) in [6.07, 6.45) is 0. The third kappa shape index (κ3) is 4.46. The first kappa shape index (κ1) is 19.2. The highest BCUT2D eigenvalue weighted by molar-refractivity contribution is 8.00. The molecule has 0 aliphatic rings. The molecule has 1 heterocycles. The highest BCUT2D eigenvalue weighted by Crippen LogP contribution is 2.38. The zero-order valence-corrected chi connectivity index (χ0v) is 17.0. The molecule has 29 heavy (non-hydrogen) atoms. The molecule has 0 radical (unpaired) electrons. The molecular formula is C24H20N2O2S. The average molecular weight is 401 g/mol. The molecule has 0 amide bonds. The third-order valence-corrected chi connectivity index (χ3v) is 5.69. The molecule has 0 aliphatic heterocycles. The minimum Gasteiger partial charge on any atom is -0.411 e. The Kier molecular flexibility index (Phi) is 5.58. The summed E-state index contributed by atoms with van der Waals surface area (Å²) in [6.45, 7) is 4.03. The Morgan fingerprint density at radius 2 is 1.45 bits per heavy atom. The van der Waals surface area contributed by atoms with Crippen LogP contribution in [0.1, 0.15) is 32.3 Å². The van der Waals surface area contributed by atoms with Crippen molar-refractivity contribution in [3.8, 4) is 11.5 Å². The molecule has 0 fully saturated rings. The summed E-state index contributed by atoms with van der Waals surface area (Å²) in [5, 5.41) is 8.20. The minimum atomic E-state index is -0.470. The van der Waals surface area contributed by atoms with Crippen molar-refractivity contribution in [2.24, 2.45) is 0 Å². The Bertz CT molecular complexity index is 1100. The quantitative estimate of drug-likeness (QED) is 0.290. The van der Waals surface area contributed by atoms with Crippen LogP contribution < -0.4 is 0 Å². The first-order valence-corrected chi connectivity index (χ1v) is 10.2. The molecule has 4 nitrogen and oxygen atoms in total. The Morgan fingerprint density at radius 1 is 0.828 bits per heavy atom. The number of carbonyl (C=O) groups excluding carboxylic acids is 1. The normalized spacial score (nSPS) is 11.9. The Morgan fingerprint density at radius 3 is 2.10 bits per heavy atom. The van der Waals surface area contributed by atoms with Crippen LogP contribution in [0.2, 0.25) is 0 Å². The predicted molar refractivity (Wildman–Crippen MR) is 115 cm³/mol. The van der Waals surface area contributed by atoms with E-state index in [1.807, 2.05) is 92.7 Å². The van der Waals surface area contributed by atoms with E-state index in [9.17, 15) is 4.79 Å². The number of aryl methyl sites for hydroxylation is 2. The summed E-state index contributed by atoms with van der Waals surface area (Å²) in [5.41, 5.74) is 4.68. The number of hydrogen-bond acceptors (Lipinski definition) is 5. The summed E-state index contributed by atoms with van der Waals surface area (Å²) in [5.74, 6) is 0.455. The molecule has 4 aromatic rings. The monoisotopic (exact) mass is 400 g/mol. The molecule has 0 saturated heterocycles. The second kappa shape index (κ2) is 8.45. The lowest BCUT2D eigenvalue weighted by atomic mass is 10.0. The van der Waals surface area contributed by atoms with E-state index in [2.05, 4.69) is 10.2 Å². The van der Waals surface area contributed by atoms with Gasteiger partial charge >= 0.3 is 0 Å². The van der Waals surface area contributed by atoms with Crippen molar-refractivity contribution in [3.63, 3.8) is 0 Å². The van der Waals surface area contributed by atoms with Gasteiger partial charge in [0.15, 0.2) is 5.78 Å². The molecule has 0 saturated carbocycles. The van der Waals surface area contributed by atoms with Crippen LogP contribution in [0.4, 0.5) is 0 Å². The SMILES string of the molecule is Cc1ccc(C(=O)[C@@H](Sc2nnc(-c3ccccc3)o2)c2ccc(C)cc2)cc1. The predicted octanol–water partition coefficient (Wildman–Crippen LogP) is 6.07. The van der Waals surface area contributed by atoms with Crippen LogP contribution >= 0.6 is 11.8 Å². The first-order chi connectivity index (χ1) is 14.1. The van der Waals surface area contributed by atoms with E-state index in [1.54, 1.807) is 0 Å². The van der Waals surface area contributed by atoms with Crippen LogP contribution in [0.5, 0.6) is 0 Å². The molecule has 0 unspecified atom stereocenters.